The zero-order valence-corrected chi connectivity index (χ0v) is 7.82. The summed E-state index contributed by atoms with van der Waals surface area (Å²) in [5, 5.41) is 0. The van der Waals surface area contributed by atoms with Crippen molar-refractivity contribution in [2.45, 2.75) is 26.7 Å². The van der Waals surface area contributed by atoms with Gasteiger partial charge >= 0.3 is 0 Å². The van der Waals surface area contributed by atoms with Crippen molar-refractivity contribution in [2.75, 3.05) is 13.1 Å². The van der Waals surface area contributed by atoms with E-state index in [0.717, 1.165) is 32.1 Å². The second kappa shape index (κ2) is 6.83. The molecule has 70 valence electrons. The average molecular weight is 171 g/mol. The van der Waals surface area contributed by atoms with Crippen LogP contribution in [-0.2, 0) is 9.59 Å². The Labute approximate surface area is 73.7 Å². The van der Waals surface area contributed by atoms with Crippen LogP contribution in [0.2, 0.25) is 0 Å². The van der Waals surface area contributed by atoms with E-state index in [-0.39, 0.29) is 5.92 Å². The van der Waals surface area contributed by atoms with Crippen molar-refractivity contribution in [3.05, 3.63) is 0 Å². The van der Waals surface area contributed by atoms with Crippen LogP contribution in [0.1, 0.15) is 26.7 Å². The van der Waals surface area contributed by atoms with E-state index in [0.29, 0.717) is 6.54 Å². The van der Waals surface area contributed by atoms with Gasteiger partial charge in [-0.15, -0.1) is 0 Å². The zero-order chi connectivity index (χ0) is 9.40. The highest BCUT2D eigenvalue weighted by Crippen LogP contribution is 2.11. The van der Waals surface area contributed by atoms with Crippen LogP contribution in [0.15, 0.2) is 0 Å². The molecule has 1 aliphatic rings. The molecule has 0 spiro atoms. The molecule has 0 aromatic heterocycles. The summed E-state index contributed by atoms with van der Waals surface area (Å²) in [6.45, 7) is 5.43. The summed E-state index contributed by atoms with van der Waals surface area (Å²) in [6, 6.07) is 0. The maximum absolute atomic E-state index is 10.3. The van der Waals surface area contributed by atoms with E-state index < -0.39 is 0 Å². The Morgan fingerprint density at radius 3 is 2.50 bits per heavy atom. The fraction of sp³-hybridized carbons (Fsp3) is 0.778. The van der Waals surface area contributed by atoms with Crippen molar-refractivity contribution in [1.82, 2.24) is 4.90 Å². The largest absolute Gasteiger partial charge is 0.345 e. The van der Waals surface area contributed by atoms with Crippen LogP contribution in [0.3, 0.4) is 0 Å². The molecule has 1 amide bonds. The first-order chi connectivity index (χ1) is 5.86. The monoisotopic (exact) mass is 171 g/mol. The lowest BCUT2D eigenvalue weighted by atomic mass is 10.0. The van der Waals surface area contributed by atoms with Crippen molar-refractivity contribution >= 4 is 12.7 Å². The Kier molecular flexibility index (Phi) is 6.34. The fourth-order valence-corrected chi connectivity index (χ4v) is 1.25. The SMILES string of the molecule is CC.O=CC1CCCN(C=O)C1. The number of aldehydes is 1. The summed E-state index contributed by atoms with van der Waals surface area (Å²) in [5.41, 5.74) is 0. The predicted octanol–water partition coefficient (Wildman–Crippen LogP) is 1.08. The number of nitrogens with zero attached hydrogens (tertiary/aromatic N) is 1. The van der Waals surface area contributed by atoms with E-state index in [2.05, 4.69) is 0 Å². The molecule has 0 radical (unpaired) electrons. The minimum atomic E-state index is 0.0824. The Morgan fingerprint density at radius 1 is 1.33 bits per heavy atom. The Bertz CT molecular complexity index is 122. The summed E-state index contributed by atoms with van der Waals surface area (Å²) in [4.78, 5) is 22.2. The quantitative estimate of drug-likeness (QED) is 0.583. The molecule has 0 aliphatic carbocycles. The molecule has 1 atom stereocenters. The first-order valence-electron chi connectivity index (χ1n) is 4.51. The van der Waals surface area contributed by atoms with Crippen LogP contribution in [0.25, 0.3) is 0 Å². The predicted molar refractivity (Wildman–Crippen MR) is 47.8 cm³/mol. The highest BCUT2D eigenvalue weighted by molar-refractivity contribution is 5.56. The maximum Gasteiger partial charge on any atom is 0.209 e. The van der Waals surface area contributed by atoms with E-state index in [1.807, 2.05) is 13.8 Å². The van der Waals surface area contributed by atoms with Gasteiger partial charge in [0.05, 0.1) is 0 Å². The molecule has 12 heavy (non-hydrogen) atoms. The van der Waals surface area contributed by atoms with Crippen molar-refractivity contribution in [1.29, 1.82) is 0 Å². The van der Waals surface area contributed by atoms with Crippen molar-refractivity contribution in [3.63, 3.8) is 0 Å². The number of rotatable bonds is 2. The summed E-state index contributed by atoms with van der Waals surface area (Å²) < 4.78 is 0. The van der Waals surface area contributed by atoms with Gasteiger partial charge in [0.1, 0.15) is 6.29 Å². The standard InChI is InChI=1S/C7H11NO2.C2H6/c9-5-7-2-1-3-8(4-7)6-10;1-2/h5-7H,1-4H2;1-2H3. The smallest absolute Gasteiger partial charge is 0.209 e. The summed E-state index contributed by atoms with van der Waals surface area (Å²) >= 11 is 0. The van der Waals surface area contributed by atoms with Crippen LogP contribution in [-0.4, -0.2) is 30.7 Å². The first kappa shape index (κ1) is 11.1. The molecule has 1 aliphatic heterocycles. The van der Waals surface area contributed by atoms with Gasteiger partial charge in [0.2, 0.25) is 6.41 Å². The third kappa shape index (κ3) is 3.51. The highest BCUT2D eigenvalue weighted by atomic mass is 16.1. The second-order valence-corrected chi connectivity index (χ2v) is 2.64. The van der Waals surface area contributed by atoms with Crippen LogP contribution >= 0.6 is 0 Å². The van der Waals surface area contributed by atoms with E-state index in [4.69, 9.17) is 0 Å². The van der Waals surface area contributed by atoms with Gasteiger partial charge in [-0.05, 0) is 12.8 Å². The van der Waals surface area contributed by atoms with Gasteiger partial charge in [0, 0.05) is 19.0 Å². The Hall–Kier alpha value is -0.860. The minimum absolute atomic E-state index is 0.0824. The van der Waals surface area contributed by atoms with Crippen LogP contribution in [0, 0.1) is 5.92 Å². The number of hydrogen-bond acceptors (Lipinski definition) is 2. The van der Waals surface area contributed by atoms with Gasteiger partial charge < -0.3 is 9.69 Å². The molecule has 3 heteroatoms. The van der Waals surface area contributed by atoms with E-state index in [1.165, 1.54) is 0 Å². The molecule has 0 bridgehead atoms. The van der Waals surface area contributed by atoms with Gasteiger partial charge in [0.15, 0.2) is 0 Å². The third-order valence-corrected chi connectivity index (χ3v) is 1.83. The Morgan fingerprint density at radius 2 is 2.00 bits per heavy atom. The molecule has 1 fully saturated rings. The zero-order valence-electron chi connectivity index (χ0n) is 7.82. The van der Waals surface area contributed by atoms with E-state index >= 15 is 0 Å². The first-order valence-corrected chi connectivity index (χ1v) is 4.51. The van der Waals surface area contributed by atoms with E-state index in [1.54, 1.807) is 4.90 Å². The average Bonchev–Trinajstić information content (AvgIpc) is 2.21. The molecular formula is C9H17NO2. The molecule has 0 aromatic rings. The van der Waals surface area contributed by atoms with Crippen molar-refractivity contribution < 1.29 is 9.59 Å². The number of amides is 1. The van der Waals surface area contributed by atoms with E-state index in [9.17, 15) is 9.59 Å². The Balaban J connectivity index is 0.000000561. The lowest BCUT2D eigenvalue weighted by Gasteiger charge is -2.26. The fourth-order valence-electron chi connectivity index (χ4n) is 1.25. The lowest BCUT2D eigenvalue weighted by molar-refractivity contribution is -0.121. The number of carbonyl (C=O) groups excluding carboxylic acids is 2. The second-order valence-electron chi connectivity index (χ2n) is 2.64. The van der Waals surface area contributed by atoms with Gasteiger partial charge in [-0.1, -0.05) is 13.8 Å². The van der Waals surface area contributed by atoms with Crippen molar-refractivity contribution in [3.8, 4) is 0 Å². The third-order valence-electron chi connectivity index (χ3n) is 1.83. The number of likely N-dealkylation sites (tertiary alicyclic amines) is 1. The molecule has 3 nitrogen and oxygen atoms in total. The normalized spacial score (nSPS) is 22.2. The lowest BCUT2D eigenvalue weighted by Crippen LogP contribution is -2.34. The summed E-state index contributed by atoms with van der Waals surface area (Å²) in [5.74, 6) is 0.0824. The minimum Gasteiger partial charge on any atom is -0.345 e. The van der Waals surface area contributed by atoms with Gasteiger partial charge in [-0.25, -0.2) is 0 Å². The van der Waals surface area contributed by atoms with Crippen molar-refractivity contribution in [2.24, 2.45) is 5.92 Å². The van der Waals surface area contributed by atoms with Crippen LogP contribution in [0.5, 0.6) is 0 Å². The topological polar surface area (TPSA) is 37.4 Å². The maximum atomic E-state index is 10.3. The molecule has 0 saturated carbocycles. The molecule has 0 aromatic carbocycles. The van der Waals surface area contributed by atoms with Crippen LogP contribution < -0.4 is 0 Å². The van der Waals surface area contributed by atoms with Gasteiger partial charge in [-0.3, -0.25) is 4.79 Å². The molecule has 1 rings (SSSR count). The highest BCUT2D eigenvalue weighted by Gasteiger charge is 2.16. The summed E-state index contributed by atoms with van der Waals surface area (Å²) in [7, 11) is 0. The molecule has 1 saturated heterocycles. The van der Waals surface area contributed by atoms with Gasteiger partial charge in [-0.2, -0.15) is 0 Å². The number of carbonyl (C=O) groups is 2. The molecular weight excluding hydrogens is 154 g/mol. The molecule has 1 heterocycles. The molecule has 0 N–H and O–H groups in total. The number of piperidine rings is 1. The van der Waals surface area contributed by atoms with Gasteiger partial charge in [0.25, 0.3) is 0 Å². The number of hydrogen-bond donors (Lipinski definition) is 0. The molecule has 1 unspecified atom stereocenters. The van der Waals surface area contributed by atoms with Crippen LogP contribution in [0.4, 0.5) is 0 Å². The summed E-state index contributed by atoms with van der Waals surface area (Å²) in [6.07, 6.45) is 3.65.